The lowest BCUT2D eigenvalue weighted by molar-refractivity contribution is -0.120. The minimum absolute atomic E-state index is 0.00239. The van der Waals surface area contributed by atoms with E-state index >= 15 is 0 Å². The number of amides is 1. The van der Waals surface area contributed by atoms with Crippen molar-refractivity contribution < 1.29 is 14.6 Å². The van der Waals surface area contributed by atoms with Gasteiger partial charge in [0.15, 0.2) is 0 Å². The first-order chi connectivity index (χ1) is 9.63. The summed E-state index contributed by atoms with van der Waals surface area (Å²) >= 11 is 0. The SMILES string of the molecule is CNC(=O)CCNCC(O)COCC1CC=CCC1C. The van der Waals surface area contributed by atoms with E-state index in [1.807, 2.05) is 0 Å². The Hall–Kier alpha value is -0.910. The van der Waals surface area contributed by atoms with Gasteiger partial charge in [-0.15, -0.1) is 0 Å². The minimum Gasteiger partial charge on any atom is -0.389 e. The fourth-order valence-electron chi connectivity index (χ4n) is 2.25. The van der Waals surface area contributed by atoms with Gasteiger partial charge in [-0.2, -0.15) is 0 Å². The van der Waals surface area contributed by atoms with E-state index in [1.54, 1.807) is 7.05 Å². The average Bonchev–Trinajstić information content (AvgIpc) is 2.45. The van der Waals surface area contributed by atoms with Gasteiger partial charge in [0.2, 0.25) is 5.91 Å². The van der Waals surface area contributed by atoms with Crippen LogP contribution in [0, 0.1) is 11.8 Å². The number of allylic oxidation sites excluding steroid dienone is 2. The van der Waals surface area contributed by atoms with Crippen LogP contribution in [-0.2, 0) is 9.53 Å². The molecule has 0 radical (unpaired) electrons. The lowest BCUT2D eigenvalue weighted by Gasteiger charge is -2.25. The smallest absolute Gasteiger partial charge is 0.221 e. The van der Waals surface area contributed by atoms with Gasteiger partial charge in [-0.1, -0.05) is 19.1 Å². The molecule has 3 N–H and O–H groups in total. The summed E-state index contributed by atoms with van der Waals surface area (Å²) in [6, 6.07) is 0. The van der Waals surface area contributed by atoms with Gasteiger partial charge >= 0.3 is 0 Å². The maximum absolute atomic E-state index is 11.0. The number of carbonyl (C=O) groups is 1. The zero-order chi connectivity index (χ0) is 14.8. The van der Waals surface area contributed by atoms with E-state index in [0.29, 0.717) is 44.6 Å². The molecule has 1 aliphatic rings. The average molecular weight is 284 g/mol. The number of ether oxygens (including phenoxy) is 1. The number of aliphatic hydroxyl groups excluding tert-OH is 1. The number of aliphatic hydroxyl groups is 1. The third-order valence-corrected chi connectivity index (χ3v) is 3.75. The molecule has 20 heavy (non-hydrogen) atoms. The molecule has 0 bridgehead atoms. The van der Waals surface area contributed by atoms with Crippen LogP contribution in [0.4, 0.5) is 0 Å². The van der Waals surface area contributed by atoms with Crippen molar-refractivity contribution in [3.05, 3.63) is 12.2 Å². The fourth-order valence-corrected chi connectivity index (χ4v) is 2.25. The first-order valence-electron chi connectivity index (χ1n) is 7.45. The highest BCUT2D eigenvalue weighted by Crippen LogP contribution is 2.24. The van der Waals surface area contributed by atoms with Gasteiger partial charge in [0.05, 0.1) is 19.3 Å². The van der Waals surface area contributed by atoms with Crippen LogP contribution in [0.15, 0.2) is 12.2 Å². The number of hydrogen-bond donors (Lipinski definition) is 3. The molecular formula is C15H28N2O3. The molecule has 1 rings (SSSR count). The van der Waals surface area contributed by atoms with Crippen LogP contribution in [0.25, 0.3) is 0 Å². The van der Waals surface area contributed by atoms with Crippen molar-refractivity contribution in [3.63, 3.8) is 0 Å². The molecule has 0 aliphatic heterocycles. The Balaban J connectivity index is 2.01. The summed E-state index contributed by atoms with van der Waals surface area (Å²) in [5.74, 6) is 1.22. The number of hydrogen-bond acceptors (Lipinski definition) is 4. The molecule has 0 heterocycles. The number of rotatable bonds is 9. The maximum atomic E-state index is 11.0. The first kappa shape index (κ1) is 17.1. The Kier molecular flexibility index (Phi) is 8.49. The number of nitrogens with one attached hydrogen (secondary N) is 2. The molecule has 3 atom stereocenters. The Labute approximate surface area is 121 Å². The fraction of sp³-hybridized carbons (Fsp3) is 0.800. The summed E-state index contributed by atoms with van der Waals surface area (Å²) < 4.78 is 5.60. The molecule has 5 heteroatoms. The van der Waals surface area contributed by atoms with Crippen molar-refractivity contribution in [1.82, 2.24) is 10.6 Å². The van der Waals surface area contributed by atoms with E-state index in [4.69, 9.17) is 4.74 Å². The highest BCUT2D eigenvalue weighted by Gasteiger charge is 2.18. The molecule has 1 aliphatic carbocycles. The summed E-state index contributed by atoms with van der Waals surface area (Å²) in [6.45, 7) is 4.33. The lowest BCUT2D eigenvalue weighted by atomic mass is 9.85. The van der Waals surface area contributed by atoms with Crippen molar-refractivity contribution >= 4 is 5.91 Å². The molecule has 0 aromatic rings. The topological polar surface area (TPSA) is 70.6 Å². The van der Waals surface area contributed by atoms with E-state index < -0.39 is 6.10 Å². The van der Waals surface area contributed by atoms with Crippen molar-refractivity contribution in [2.75, 3.05) is 33.4 Å². The molecule has 0 spiro atoms. The largest absolute Gasteiger partial charge is 0.389 e. The van der Waals surface area contributed by atoms with Crippen LogP contribution in [0.3, 0.4) is 0 Å². The maximum Gasteiger partial charge on any atom is 0.221 e. The molecule has 0 fully saturated rings. The van der Waals surface area contributed by atoms with Crippen molar-refractivity contribution in [1.29, 1.82) is 0 Å². The molecule has 1 amide bonds. The highest BCUT2D eigenvalue weighted by atomic mass is 16.5. The Bertz CT molecular complexity index is 307. The van der Waals surface area contributed by atoms with E-state index in [-0.39, 0.29) is 5.91 Å². The molecule has 0 saturated carbocycles. The standard InChI is InChI=1S/C15H28N2O3/c1-12-5-3-4-6-13(12)10-20-11-14(18)9-17-8-7-15(19)16-2/h3-4,12-14,17-18H,5-11H2,1-2H3,(H,16,19). The Morgan fingerprint density at radius 2 is 2.20 bits per heavy atom. The van der Waals surface area contributed by atoms with Gasteiger partial charge < -0.3 is 20.5 Å². The summed E-state index contributed by atoms with van der Waals surface area (Å²) in [6.07, 6.45) is 6.54. The van der Waals surface area contributed by atoms with Gasteiger partial charge in [-0.3, -0.25) is 4.79 Å². The van der Waals surface area contributed by atoms with Gasteiger partial charge in [0.1, 0.15) is 0 Å². The number of carbonyl (C=O) groups excluding carboxylic acids is 1. The normalized spacial score (nSPS) is 23.6. The quantitative estimate of drug-likeness (QED) is 0.430. The Morgan fingerprint density at radius 3 is 2.90 bits per heavy atom. The summed E-state index contributed by atoms with van der Waals surface area (Å²) in [5, 5.41) is 15.4. The monoisotopic (exact) mass is 284 g/mol. The highest BCUT2D eigenvalue weighted by molar-refractivity contribution is 5.75. The third kappa shape index (κ3) is 7.03. The summed E-state index contributed by atoms with van der Waals surface area (Å²) in [4.78, 5) is 11.0. The van der Waals surface area contributed by atoms with E-state index in [0.717, 1.165) is 12.8 Å². The van der Waals surface area contributed by atoms with Crippen molar-refractivity contribution in [2.45, 2.75) is 32.3 Å². The van der Waals surface area contributed by atoms with E-state index in [2.05, 4.69) is 29.7 Å². The molecular weight excluding hydrogens is 256 g/mol. The Morgan fingerprint density at radius 1 is 1.45 bits per heavy atom. The predicted octanol–water partition coefficient (Wildman–Crippen LogP) is 0.692. The zero-order valence-electron chi connectivity index (χ0n) is 12.6. The summed E-state index contributed by atoms with van der Waals surface area (Å²) in [7, 11) is 1.62. The van der Waals surface area contributed by atoms with Crippen molar-refractivity contribution in [2.24, 2.45) is 11.8 Å². The van der Waals surface area contributed by atoms with Crippen LogP contribution < -0.4 is 10.6 Å². The van der Waals surface area contributed by atoms with Gasteiger partial charge in [-0.05, 0) is 24.7 Å². The second-order valence-electron chi connectivity index (χ2n) is 5.50. The van der Waals surface area contributed by atoms with Crippen LogP contribution in [0.1, 0.15) is 26.2 Å². The van der Waals surface area contributed by atoms with Crippen LogP contribution in [0.5, 0.6) is 0 Å². The molecule has 116 valence electrons. The summed E-state index contributed by atoms with van der Waals surface area (Å²) in [5.41, 5.74) is 0. The second kappa shape index (κ2) is 9.91. The lowest BCUT2D eigenvalue weighted by Crippen LogP contribution is -2.33. The molecule has 0 aromatic carbocycles. The van der Waals surface area contributed by atoms with Gasteiger partial charge in [0, 0.05) is 26.6 Å². The van der Waals surface area contributed by atoms with E-state index in [1.165, 1.54) is 0 Å². The second-order valence-corrected chi connectivity index (χ2v) is 5.50. The first-order valence-corrected chi connectivity index (χ1v) is 7.45. The molecule has 3 unspecified atom stereocenters. The van der Waals surface area contributed by atoms with Crippen LogP contribution >= 0.6 is 0 Å². The zero-order valence-corrected chi connectivity index (χ0v) is 12.6. The van der Waals surface area contributed by atoms with Crippen molar-refractivity contribution in [3.8, 4) is 0 Å². The van der Waals surface area contributed by atoms with Gasteiger partial charge in [0.25, 0.3) is 0 Å². The van der Waals surface area contributed by atoms with Crippen LogP contribution in [0.2, 0.25) is 0 Å². The molecule has 0 saturated heterocycles. The third-order valence-electron chi connectivity index (χ3n) is 3.75. The van der Waals surface area contributed by atoms with Gasteiger partial charge in [-0.25, -0.2) is 0 Å². The molecule has 5 nitrogen and oxygen atoms in total. The molecule has 0 aromatic heterocycles. The van der Waals surface area contributed by atoms with Crippen LogP contribution in [-0.4, -0.2) is 50.5 Å². The minimum atomic E-state index is -0.519. The van der Waals surface area contributed by atoms with E-state index in [9.17, 15) is 9.90 Å². The predicted molar refractivity (Wildman–Crippen MR) is 79.4 cm³/mol.